The van der Waals surface area contributed by atoms with Gasteiger partial charge in [-0.1, -0.05) is 54.1 Å². The number of nitrogens with zero attached hydrogens (tertiary/aromatic N) is 2. The highest BCUT2D eigenvalue weighted by Crippen LogP contribution is 2.47. The molecule has 2 amide bonds. The van der Waals surface area contributed by atoms with Gasteiger partial charge in [-0.2, -0.15) is 0 Å². The minimum absolute atomic E-state index is 0.0263. The Morgan fingerprint density at radius 3 is 2.61 bits per heavy atom. The van der Waals surface area contributed by atoms with Gasteiger partial charge in [0.2, 0.25) is 5.91 Å². The lowest BCUT2D eigenvalue weighted by Crippen LogP contribution is -2.48. The Morgan fingerprint density at radius 1 is 1.06 bits per heavy atom. The fraction of sp³-hybridized carbons (Fsp3) is 0.269. The Hall–Kier alpha value is -3.47. The largest absolute Gasteiger partial charge is 0.350 e. The van der Waals surface area contributed by atoms with Crippen LogP contribution in [0.5, 0.6) is 0 Å². The molecule has 2 unspecified atom stereocenters. The normalized spacial score (nSPS) is 20.3. The number of aryl methyl sites for hydroxylation is 1. The number of amides is 2. The summed E-state index contributed by atoms with van der Waals surface area (Å²) in [6.07, 6.45) is 3.69. The molecule has 5 heteroatoms. The van der Waals surface area contributed by atoms with E-state index in [1.807, 2.05) is 72.5 Å². The Morgan fingerprint density at radius 2 is 1.87 bits per heavy atom. The highest BCUT2D eigenvalue weighted by Gasteiger charge is 2.48. The molecule has 2 atom stereocenters. The summed E-state index contributed by atoms with van der Waals surface area (Å²) in [5.41, 5.74) is 4.37. The average molecular weight is 412 g/mol. The van der Waals surface area contributed by atoms with Crippen LogP contribution < -0.4 is 5.32 Å². The van der Waals surface area contributed by atoms with Crippen LogP contribution in [0.3, 0.4) is 0 Å². The van der Waals surface area contributed by atoms with Gasteiger partial charge in [-0.15, -0.1) is 0 Å². The van der Waals surface area contributed by atoms with E-state index in [0.717, 1.165) is 35.2 Å². The first-order valence-corrected chi connectivity index (χ1v) is 10.8. The van der Waals surface area contributed by atoms with E-state index in [9.17, 15) is 9.59 Å². The molecule has 5 rings (SSSR count). The van der Waals surface area contributed by atoms with Crippen molar-refractivity contribution in [2.75, 3.05) is 0 Å². The SMILES string of the molecule is Cc1cccc(C2C(C(=O)NCc3ccccn3)c3ccccc3C(=O)N2C2CC2)c1. The van der Waals surface area contributed by atoms with Gasteiger partial charge < -0.3 is 10.2 Å². The van der Waals surface area contributed by atoms with Crippen molar-refractivity contribution < 1.29 is 9.59 Å². The second-order valence-electron chi connectivity index (χ2n) is 8.41. The number of hydrogen-bond donors (Lipinski definition) is 1. The summed E-state index contributed by atoms with van der Waals surface area (Å²) in [6.45, 7) is 2.40. The molecule has 1 fully saturated rings. The van der Waals surface area contributed by atoms with Gasteiger partial charge >= 0.3 is 0 Å². The second-order valence-corrected chi connectivity index (χ2v) is 8.41. The molecular formula is C26H25N3O2. The molecule has 1 N–H and O–H groups in total. The smallest absolute Gasteiger partial charge is 0.254 e. The van der Waals surface area contributed by atoms with Crippen LogP contribution in [0.2, 0.25) is 0 Å². The third-order valence-corrected chi connectivity index (χ3v) is 6.15. The molecule has 2 aromatic carbocycles. The van der Waals surface area contributed by atoms with Crippen molar-refractivity contribution in [3.8, 4) is 0 Å². The summed E-state index contributed by atoms with van der Waals surface area (Å²) in [5.74, 6) is -0.527. The lowest BCUT2D eigenvalue weighted by atomic mass is 9.78. The molecule has 1 aromatic heterocycles. The molecule has 0 saturated heterocycles. The first-order valence-electron chi connectivity index (χ1n) is 10.8. The van der Waals surface area contributed by atoms with E-state index < -0.39 is 5.92 Å². The molecule has 2 heterocycles. The van der Waals surface area contributed by atoms with Gasteiger partial charge in [0.05, 0.1) is 24.2 Å². The van der Waals surface area contributed by atoms with Gasteiger partial charge in [0.15, 0.2) is 0 Å². The van der Waals surface area contributed by atoms with Crippen molar-refractivity contribution in [3.05, 3.63) is 101 Å². The van der Waals surface area contributed by atoms with Crippen LogP contribution in [0.25, 0.3) is 0 Å². The van der Waals surface area contributed by atoms with E-state index in [4.69, 9.17) is 0 Å². The first-order chi connectivity index (χ1) is 15.1. The molecule has 0 spiro atoms. The van der Waals surface area contributed by atoms with Crippen molar-refractivity contribution in [1.82, 2.24) is 15.2 Å². The topological polar surface area (TPSA) is 62.3 Å². The summed E-state index contributed by atoms with van der Waals surface area (Å²) in [5, 5.41) is 3.08. The number of pyridine rings is 1. The Balaban J connectivity index is 1.58. The lowest BCUT2D eigenvalue weighted by Gasteiger charge is -2.42. The van der Waals surface area contributed by atoms with E-state index in [1.165, 1.54) is 0 Å². The van der Waals surface area contributed by atoms with Crippen molar-refractivity contribution in [1.29, 1.82) is 0 Å². The van der Waals surface area contributed by atoms with Gasteiger partial charge in [0.25, 0.3) is 5.91 Å². The van der Waals surface area contributed by atoms with E-state index in [-0.39, 0.29) is 23.9 Å². The van der Waals surface area contributed by atoms with Crippen molar-refractivity contribution in [2.45, 2.75) is 44.3 Å². The van der Waals surface area contributed by atoms with E-state index in [2.05, 4.69) is 16.4 Å². The minimum Gasteiger partial charge on any atom is -0.350 e. The zero-order chi connectivity index (χ0) is 21.4. The molecule has 156 valence electrons. The van der Waals surface area contributed by atoms with Crippen molar-refractivity contribution in [3.63, 3.8) is 0 Å². The van der Waals surface area contributed by atoms with Gasteiger partial charge in [-0.3, -0.25) is 14.6 Å². The fourth-order valence-corrected chi connectivity index (χ4v) is 4.59. The standard InChI is InChI=1S/C26H25N3O2/c1-17-7-6-8-18(15-17)24-23(25(30)28-16-19-9-4-5-14-27-19)21-10-2-3-11-22(21)26(31)29(24)20-12-13-20/h2-11,14-15,20,23-24H,12-13,16H2,1H3,(H,28,30). The molecule has 1 aliphatic carbocycles. The summed E-state index contributed by atoms with van der Waals surface area (Å²) in [4.78, 5) is 33.4. The maximum absolute atomic E-state index is 13.6. The third kappa shape index (κ3) is 3.72. The fourth-order valence-electron chi connectivity index (χ4n) is 4.59. The molecule has 1 aliphatic heterocycles. The quantitative estimate of drug-likeness (QED) is 0.686. The highest BCUT2D eigenvalue weighted by molar-refractivity contribution is 6.01. The lowest BCUT2D eigenvalue weighted by molar-refractivity contribution is -0.124. The Bertz CT molecular complexity index is 1120. The van der Waals surface area contributed by atoms with E-state index in [0.29, 0.717) is 12.1 Å². The number of carbonyl (C=O) groups excluding carboxylic acids is 2. The summed E-state index contributed by atoms with van der Waals surface area (Å²) >= 11 is 0. The van der Waals surface area contributed by atoms with Gasteiger partial charge in [0.1, 0.15) is 0 Å². The predicted octanol–water partition coefficient (Wildman–Crippen LogP) is 4.15. The maximum Gasteiger partial charge on any atom is 0.254 e. The number of aromatic nitrogens is 1. The number of benzene rings is 2. The molecule has 0 radical (unpaired) electrons. The zero-order valence-corrected chi connectivity index (χ0v) is 17.5. The molecule has 0 bridgehead atoms. The Labute approximate surface area is 182 Å². The molecule has 5 nitrogen and oxygen atoms in total. The van der Waals surface area contributed by atoms with Crippen LogP contribution in [-0.2, 0) is 11.3 Å². The van der Waals surface area contributed by atoms with Crippen LogP contribution in [0.1, 0.15) is 57.5 Å². The molecule has 1 saturated carbocycles. The highest BCUT2D eigenvalue weighted by atomic mass is 16.2. The van der Waals surface area contributed by atoms with Crippen LogP contribution >= 0.6 is 0 Å². The summed E-state index contributed by atoms with van der Waals surface area (Å²) in [6, 6.07) is 21.3. The van der Waals surface area contributed by atoms with Crippen molar-refractivity contribution >= 4 is 11.8 Å². The number of nitrogens with one attached hydrogen (secondary N) is 1. The van der Waals surface area contributed by atoms with Gasteiger partial charge in [0, 0.05) is 17.8 Å². The second kappa shape index (κ2) is 7.99. The molecule has 31 heavy (non-hydrogen) atoms. The summed E-state index contributed by atoms with van der Waals surface area (Å²) < 4.78 is 0. The van der Waals surface area contributed by atoms with Crippen LogP contribution in [0.4, 0.5) is 0 Å². The van der Waals surface area contributed by atoms with Gasteiger partial charge in [-0.25, -0.2) is 0 Å². The number of hydrogen-bond acceptors (Lipinski definition) is 3. The van der Waals surface area contributed by atoms with Crippen LogP contribution in [0, 0.1) is 6.92 Å². The van der Waals surface area contributed by atoms with E-state index in [1.54, 1.807) is 6.20 Å². The number of carbonyl (C=O) groups is 2. The number of rotatable bonds is 5. The molecule has 2 aliphatic rings. The zero-order valence-electron chi connectivity index (χ0n) is 17.5. The Kier molecular flexibility index (Phi) is 5.02. The summed E-state index contributed by atoms with van der Waals surface area (Å²) in [7, 11) is 0. The van der Waals surface area contributed by atoms with E-state index >= 15 is 0 Å². The molecular weight excluding hydrogens is 386 g/mol. The van der Waals surface area contributed by atoms with Gasteiger partial charge in [-0.05, 0) is 49.1 Å². The third-order valence-electron chi connectivity index (χ3n) is 6.15. The van der Waals surface area contributed by atoms with Crippen molar-refractivity contribution in [2.24, 2.45) is 0 Å². The first kappa shape index (κ1) is 19.5. The van der Waals surface area contributed by atoms with Crippen LogP contribution in [0.15, 0.2) is 72.9 Å². The van der Waals surface area contributed by atoms with Crippen LogP contribution in [-0.4, -0.2) is 27.7 Å². The maximum atomic E-state index is 13.6. The average Bonchev–Trinajstić information content (AvgIpc) is 3.63. The predicted molar refractivity (Wildman–Crippen MR) is 118 cm³/mol. The molecule has 3 aromatic rings. The number of fused-ring (bicyclic) bond motifs is 1. The monoisotopic (exact) mass is 411 g/mol. The minimum atomic E-state index is -0.472.